The van der Waals surface area contributed by atoms with E-state index in [1.807, 2.05) is 0 Å². The first kappa shape index (κ1) is 18.7. The summed E-state index contributed by atoms with van der Waals surface area (Å²) in [6.07, 6.45) is 0.114. The highest BCUT2D eigenvalue weighted by Gasteiger charge is 2.15. The van der Waals surface area contributed by atoms with Crippen LogP contribution < -0.4 is 5.32 Å². The third-order valence-corrected chi connectivity index (χ3v) is 3.84. The van der Waals surface area contributed by atoms with E-state index in [4.69, 9.17) is 11.6 Å². The summed E-state index contributed by atoms with van der Waals surface area (Å²) in [5, 5.41) is 3.25. The monoisotopic (exact) mass is 358 g/mol. The van der Waals surface area contributed by atoms with Crippen molar-refractivity contribution in [3.63, 3.8) is 0 Å². The van der Waals surface area contributed by atoms with Crippen LogP contribution in [0, 0.1) is 0 Å². The molecule has 0 aliphatic rings. The van der Waals surface area contributed by atoms with E-state index in [2.05, 4.69) is 5.32 Å². The minimum Gasteiger partial charge on any atom is -0.345 e. The van der Waals surface area contributed by atoms with Crippen LogP contribution in [0.2, 0.25) is 5.02 Å². The van der Waals surface area contributed by atoms with Crippen LogP contribution in [0.25, 0.3) is 0 Å². The lowest BCUT2D eigenvalue weighted by molar-refractivity contribution is -0.116. The molecule has 2 amide bonds. The third kappa shape index (κ3) is 5.16. The lowest BCUT2D eigenvalue weighted by Gasteiger charge is -2.14. The van der Waals surface area contributed by atoms with Crippen LogP contribution in [0.15, 0.2) is 48.5 Å². The van der Waals surface area contributed by atoms with Crippen molar-refractivity contribution in [2.24, 2.45) is 0 Å². The molecule has 0 aliphatic heterocycles. The van der Waals surface area contributed by atoms with E-state index in [9.17, 15) is 14.4 Å². The molecule has 0 fully saturated rings. The number of nitrogens with one attached hydrogen (secondary N) is 1. The summed E-state index contributed by atoms with van der Waals surface area (Å²) in [5.41, 5.74) is 1.36. The number of hydrogen-bond acceptors (Lipinski definition) is 3. The molecule has 0 bridgehead atoms. The number of Topliss-reactive ketones (excluding diaryl/α,β-unsaturated/α-hetero) is 1. The Morgan fingerprint density at radius 1 is 0.960 bits per heavy atom. The summed E-state index contributed by atoms with van der Waals surface area (Å²) in [5.74, 6) is -0.654. The van der Waals surface area contributed by atoms with Crippen LogP contribution in [-0.2, 0) is 4.79 Å². The van der Waals surface area contributed by atoms with Crippen molar-refractivity contribution in [3.8, 4) is 0 Å². The van der Waals surface area contributed by atoms with E-state index >= 15 is 0 Å². The molecule has 0 aromatic heterocycles. The zero-order valence-corrected chi connectivity index (χ0v) is 14.8. The van der Waals surface area contributed by atoms with Gasteiger partial charge in [-0.15, -0.1) is 0 Å². The van der Waals surface area contributed by atoms with Crippen molar-refractivity contribution in [1.29, 1.82) is 0 Å². The highest BCUT2D eigenvalue weighted by Crippen LogP contribution is 2.17. The molecule has 0 spiro atoms. The Bertz CT molecular complexity index is 786. The van der Waals surface area contributed by atoms with Crippen molar-refractivity contribution in [2.45, 2.75) is 12.8 Å². The smallest absolute Gasteiger partial charge is 0.255 e. The summed E-state index contributed by atoms with van der Waals surface area (Å²) >= 11 is 5.79. The van der Waals surface area contributed by atoms with Gasteiger partial charge >= 0.3 is 0 Å². The average molecular weight is 359 g/mol. The first-order chi connectivity index (χ1) is 11.9. The first-order valence-electron chi connectivity index (χ1n) is 7.78. The number of carbonyl (C=O) groups excluding carboxylic acids is 3. The van der Waals surface area contributed by atoms with Crippen LogP contribution in [-0.4, -0.2) is 36.6 Å². The molecule has 0 saturated carbocycles. The number of benzene rings is 2. The molecule has 25 heavy (non-hydrogen) atoms. The number of amides is 2. The van der Waals surface area contributed by atoms with E-state index < -0.39 is 0 Å². The normalized spacial score (nSPS) is 10.2. The molecule has 2 aromatic rings. The van der Waals surface area contributed by atoms with E-state index in [1.165, 1.54) is 4.90 Å². The lowest BCUT2D eigenvalue weighted by Crippen LogP contribution is -2.24. The fraction of sp³-hybridized carbons (Fsp3) is 0.211. The van der Waals surface area contributed by atoms with Crippen molar-refractivity contribution in [1.82, 2.24) is 4.90 Å². The zero-order valence-electron chi connectivity index (χ0n) is 14.1. The number of hydrogen-bond donors (Lipinski definition) is 1. The molecule has 0 radical (unpaired) electrons. The molecule has 0 atom stereocenters. The fourth-order valence-corrected chi connectivity index (χ4v) is 2.37. The number of ketones is 1. The molecule has 5 nitrogen and oxygen atoms in total. The maximum Gasteiger partial charge on any atom is 0.255 e. The quantitative estimate of drug-likeness (QED) is 0.801. The number of para-hydroxylation sites is 1. The van der Waals surface area contributed by atoms with Gasteiger partial charge in [0.05, 0.1) is 11.3 Å². The number of rotatable bonds is 6. The van der Waals surface area contributed by atoms with Gasteiger partial charge in [0.2, 0.25) is 5.91 Å². The second-order valence-corrected chi connectivity index (χ2v) is 6.16. The first-order valence-corrected chi connectivity index (χ1v) is 8.15. The van der Waals surface area contributed by atoms with Gasteiger partial charge in [-0.1, -0.05) is 23.7 Å². The third-order valence-electron chi connectivity index (χ3n) is 3.58. The molecule has 2 rings (SSSR count). The summed E-state index contributed by atoms with van der Waals surface area (Å²) < 4.78 is 0. The molecule has 6 heteroatoms. The van der Waals surface area contributed by atoms with Crippen LogP contribution in [0.1, 0.15) is 33.6 Å². The van der Waals surface area contributed by atoms with E-state index in [1.54, 1.807) is 62.6 Å². The summed E-state index contributed by atoms with van der Waals surface area (Å²) in [7, 11) is 3.29. The largest absolute Gasteiger partial charge is 0.345 e. The number of halogens is 1. The number of nitrogens with zero attached hydrogens (tertiary/aromatic N) is 1. The van der Waals surface area contributed by atoms with Crippen LogP contribution in [0.5, 0.6) is 0 Å². The fourth-order valence-electron chi connectivity index (χ4n) is 2.24. The SMILES string of the molecule is CN(C)C(=O)c1ccccc1NC(=O)CCC(=O)c1ccc(Cl)cc1. The maximum atomic E-state index is 12.1. The van der Waals surface area contributed by atoms with Gasteiger partial charge in [0.1, 0.15) is 0 Å². The van der Waals surface area contributed by atoms with Crippen LogP contribution in [0.4, 0.5) is 5.69 Å². The molecule has 0 unspecified atom stereocenters. The summed E-state index contributed by atoms with van der Waals surface area (Å²) in [4.78, 5) is 37.8. The molecule has 1 N–H and O–H groups in total. The molecule has 0 heterocycles. The van der Waals surface area contributed by atoms with Gasteiger partial charge in [-0.05, 0) is 36.4 Å². The molecule has 130 valence electrons. The standard InChI is InChI=1S/C19H19ClN2O3/c1-22(2)19(25)15-5-3-4-6-16(15)21-18(24)12-11-17(23)13-7-9-14(20)10-8-13/h3-10H,11-12H2,1-2H3,(H,21,24). The van der Waals surface area contributed by atoms with Gasteiger partial charge in [0.15, 0.2) is 5.78 Å². The average Bonchev–Trinajstić information content (AvgIpc) is 2.60. The Hall–Kier alpha value is -2.66. The van der Waals surface area contributed by atoms with E-state index in [0.29, 0.717) is 21.8 Å². The van der Waals surface area contributed by atoms with Gasteiger partial charge in [0.25, 0.3) is 5.91 Å². The molecular weight excluding hydrogens is 340 g/mol. The Kier molecular flexibility index (Phi) is 6.31. The van der Waals surface area contributed by atoms with E-state index in [-0.39, 0.29) is 30.4 Å². The number of carbonyl (C=O) groups is 3. The minimum absolute atomic E-state index is 0.0337. The molecule has 0 aliphatic carbocycles. The predicted molar refractivity (Wildman–Crippen MR) is 98.1 cm³/mol. The van der Waals surface area contributed by atoms with Gasteiger partial charge < -0.3 is 10.2 Å². The zero-order chi connectivity index (χ0) is 18.4. The maximum absolute atomic E-state index is 12.1. The topological polar surface area (TPSA) is 66.5 Å². The van der Waals surface area contributed by atoms with E-state index in [0.717, 1.165) is 0 Å². The molecule has 2 aromatic carbocycles. The summed E-state index contributed by atoms with van der Waals surface area (Å²) in [6.45, 7) is 0. The Morgan fingerprint density at radius 2 is 1.60 bits per heavy atom. The van der Waals surface area contributed by atoms with Crippen molar-refractivity contribution < 1.29 is 14.4 Å². The molecule has 0 saturated heterocycles. The molecular formula is C19H19ClN2O3. The Labute approximate surface area is 151 Å². The van der Waals surface area contributed by atoms with Crippen molar-refractivity contribution in [3.05, 3.63) is 64.7 Å². The Balaban J connectivity index is 1.98. The Morgan fingerprint density at radius 3 is 2.24 bits per heavy atom. The van der Waals surface area contributed by atoms with Gasteiger partial charge in [-0.3, -0.25) is 14.4 Å². The minimum atomic E-state index is -0.318. The second-order valence-electron chi connectivity index (χ2n) is 5.72. The van der Waals surface area contributed by atoms with Crippen molar-refractivity contribution in [2.75, 3.05) is 19.4 Å². The predicted octanol–water partition coefficient (Wildman–Crippen LogP) is 3.64. The van der Waals surface area contributed by atoms with Gasteiger partial charge in [0, 0.05) is 37.5 Å². The highest BCUT2D eigenvalue weighted by molar-refractivity contribution is 6.30. The van der Waals surface area contributed by atoms with Gasteiger partial charge in [-0.25, -0.2) is 0 Å². The van der Waals surface area contributed by atoms with Crippen molar-refractivity contribution >= 4 is 34.9 Å². The lowest BCUT2D eigenvalue weighted by atomic mass is 10.1. The van der Waals surface area contributed by atoms with Crippen LogP contribution >= 0.6 is 11.6 Å². The number of anilines is 1. The highest BCUT2D eigenvalue weighted by atomic mass is 35.5. The van der Waals surface area contributed by atoms with Gasteiger partial charge in [-0.2, -0.15) is 0 Å². The van der Waals surface area contributed by atoms with Crippen LogP contribution in [0.3, 0.4) is 0 Å². The summed E-state index contributed by atoms with van der Waals surface area (Å²) in [6, 6.07) is 13.3. The second kappa shape index (κ2) is 8.44.